The lowest BCUT2D eigenvalue weighted by molar-refractivity contribution is -0.126. The molecule has 1 aliphatic heterocycles. The molecular formula is C26H24ClFN4O2. The van der Waals surface area contributed by atoms with Crippen LogP contribution in [0.4, 0.5) is 10.2 Å². The molecule has 5 rings (SSSR count). The highest BCUT2D eigenvalue weighted by atomic mass is 35.5. The topological polar surface area (TPSA) is 69.6 Å². The summed E-state index contributed by atoms with van der Waals surface area (Å²) in [5, 5.41) is 11.1. The summed E-state index contributed by atoms with van der Waals surface area (Å²) in [4.78, 5) is 24.6. The van der Waals surface area contributed by atoms with Crippen molar-refractivity contribution >= 4 is 34.2 Å². The third kappa shape index (κ3) is 3.90. The molecule has 1 amide bonds. The van der Waals surface area contributed by atoms with Crippen LogP contribution in [0.3, 0.4) is 0 Å². The SMILES string of the molecule is C/C=C/C(=O)N1CCN(c2ncnc3c(F)c([C@H]4C=C(O)Cc5ccccc54)c(Cl)cc23)CC1. The summed E-state index contributed by atoms with van der Waals surface area (Å²) in [5.74, 6) is -0.261. The molecule has 3 aromatic rings. The van der Waals surface area contributed by atoms with Gasteiger partial charge in [0.25, 0.3) is 0 Å². The first-order valence-corrected chi connectivity index (χ1v) is 11.6. The van der Waals surface area contributed by atoms with E-state index in [1.54, 1.807) is 29.2 Å². The molecule has 1 atom stereocenters. The number of aliphatic hydroxyl groups is 1. The molecule has 0 radical (unpaired) electrons. The molecule has 1 aliphatic carbocycles. The quantitative estimate of drug-likeness (QED) is 0.549. The second kappa shape index (κ2) is 9.06. The lowest BCUT2D eigenvalue weighted by Gasteiger charge is -2.35. The minimum Gasteiger partial charge on any atom is -0.512 e. The summed E-state index contributed by atoms with van der Waals surface area (Å²) in [6.07, 6.45) is 6.71. The highest BCUT2D eigenvalue weighted by Crippen LogP contribution is 2.42. The van der Waals surface area contributed by atoms with E-state index < -0.39 is 11.7 Å². The Morgan fingerprint density at radius 3 is 2.74 bits per heavy atom. The monoisotopic (exact) mass is 478 g/mol. The van der Waals surface area contributed by atoms with Crippen molar-refractivity contribution in [2.45, 2.75) is 19.3 Å². The predicted octanol–water partition coefficient (Wildman–Crippen LogP) is 4.78. The molecular weight excluding hydrogens is 455 g/mol. The number of benzene rings is 2. The van der Waals surface area contributed by atoms with Crippen LogP contribution in [0.5, 0.6) is 0 Å². The van der Waals surface area contributed by atoms with Gasteiger partial charge in [-0.1, -0.05) is 41.9 Å². The van der Waals surface area contributed by atoms with Crippen LogP contribution < -0.4 is 4.90 Å². The van der Waals surface area contributed by atoms with Crippen molar-refractivity contribution < 1.29 is 14.3 Å². The molecule has 2 aromatic carbocycles. The number of aliphatic hydroxyl groups excluding tert-OH is 1. The maximum atomic E-state index is 16.0. The van der Waals surface area contributed by atoms with Crippen molar-refractivity contribution in [2.24, 2.45) is 0 Å². The standard InChI is InChI=1S/C26H24ClFN4O2/c1-2-5-22(34)31-8-10-32(11-9-31)26-20-14-21(27)23(24(28)25(20)29-15-30-26)19-13-17(33)12-16-6-3-4-7-18(16)19/h2-7,13-15,19,33H,8-12H2,1H3/b5-2+/t19-/m0/s1. The second-order valence-corrected chi connectivity index (χ2v) is 8.91. The zero-order valence-corrected chi connectivity index (χ0v) is 19.5. The minimum atomic E-state index is -0.515. The van der Waals surface area contributed by atoms with E-state index in [9.17, 15) is 9.90 Å². The number of carbonyl (C=O) groups is 1. The molecule has 34 heavy (non-hydrogen) atoms. The molecule has 1 saturated heterocycles. The number of carbonyl (C=O) groups excluding carboxylic acids is 1. The Morgan fingerprint density at radius 1 is 1.21 bits per heavy atom. The van der Waals surface area contributed by atoms with Gasteiger partial charge in [-0.3, -0.25) is 4.79 Å². The third-order valence-corrected chi connectivity index (χ3v) is 6.78. The molecule has 174 valence electrons. The third-order valence-electron chi connectivity index (χ3n) is 6.47. The van der Waals surface area contributed by atoms with Crippen LogP contribution in [0.2, 0.25) is 5.02 Å². The molecule has 6 nitrogen and oxygen atoms in total. The van der Waals surface area contributed by atoms with Gasteiger partial charge in [0.2, 0.25) is 5.91 Å². The second-order valence-electron chi connectivity index (χ2n) is 8.50. The van der Waals surface area contributed by atoms with Gasteiger partial charge in [0.1, 0.15) is 17.7 Å². The molecule has 1 aromatic heterocycles. The van der Waals surface area contributed by atoms with E-state index in [1.807, 2.05) is 36.1 Å². The number of anilines is 1. The summed E-state index contributed by atoms with van der Waals surface area (Å²) in [7, 11) is 0. The molecule has 0 spiro atoms. The molecule has 2 heterocycles. The van der Waals surface area contributed by atoms with E-state index in [0.717, 1.165) is 11.1 Å². The number of piperazine rings is 1. The number of aromatic nitrogens is 2. The smallest absolute Gasteiger partial charge is 0.246 e. The highest BCUT2D eigenvalue weighted by Gasteiger charge is 2.29. The van der Waals surface area contributed by atoms with E-state index in [-0.39, 0.29) is 22.2 Å². The number of halogens is 2. The van der Waals surface area contributed by atoms with Crippen molar-refractivity contribution in [3.05, 3.63) is 88.2 Å². The van der Waals surface area contributed by atoms with E-state index in [0.29, 0.717) is 49.4 Å². The van der Waals surface area contributed by atoms with Crippen LogP contribution in [0, 0.1) is 5.82 Å². The number of allylic oxidation sites excluding steroid dienone is 3. The van der Waals surface area contributed by atoms with Gasteiger partial charge in [-0.15, -0.1) is 0 Å². The normalized spacial score (nSPS) is 18.3. The van der Waals surface area contributed by atoms with Gasteiger partial charge in [0.05, 0.1) is 5.76 Å². The number of rotatable bonds is 3. The Labute approximate surface area is 202 Å². The molecule has 0 unspecified atom stereocenters. The first-order chi connectivity index (χ1) is 16.5. The zero-order valence-electron chi connectivity index (χ0n) is 18.7. The molecule has 2 aliphatic rings. The number of fused-ring (bicyclic) bond motifs is 2. The predicted molar refractivity (Wildman–Crippen MR) is 131 cm³/mol. The van der Waals surface area contributed by atoms with Crippen LogP contribution in [0.1, 0.15) is 29.5 Å². The maximum absolute atomic E-state index is 16.0. The zero-order chi connectivity index (χ0) is 23.8. The average molecular weight is 479 g/mol. The van der Waals surface area contributed by atoms with Gasteiger partial charge in [0.15, 0.2) is 5.82 Å². The highest BCUT2D eigenvalue weighted by molar-refractivity contribution is 6.32. The van der Waals surface area contributed by atoms with Crippen LogP contribution in [0.15, 0.2) is 60.6 Å². The molecule has 1 fully saturated rings. The fourth-order valence-corrected chi connectivity index (χ4v) is 5.14. The number of amides is 1. The van der Waals surface area contributed by atoms with E-state index in [2.05, 4.69) is 9.97 Å². The van der Waals surface area contributed by atoms with Gasteiger partial charge in [-0.05, 0) is 36.3 Å². The number of hydrogen-bond acceptors (Lipinski definition) is 5. The first kappa shape index (κ1) is 22.3. The Hall–Kier alpha value is -3.45. The van der Waals surface area contributed by atoms with E-state index in [4.69, 9.17) is 11.6 Å². The summed E-state index contributed by atoms with van der Waals surface area (Å²) < 4.78 is 16.0. The van der Waals surface area contributed by atoms with Gasteiger partial charge >= 0.3 is 0 Å². The Bertz CT molecular complexity index is 1330. The summed E-state index contributed by atoms with van der Waals surface area (Å²) in [5.41, 5.74) is 2.33. The molecule has 0 saturated carbocycles. The molecule has 0 bridgehead atoms. The van der Waals surface area contributed by atoms with Gasteiger partial charge in [-0.25, -0.2) is 14.4 Å². The van der Waals surface area contributed by atoms with Crippen molar-refractivity contribution in [2.75, 3.05) is 31.1 Å². The van der Waals surface area contributed by atoms with Gasteiger partial charge in [0, 0.05) is 54.5 Å². The lowest BCUT2D eigenvalue weighted by Crippen LogP contribution is -2.48. The van der Waals surface area contributed by atoms with E-state index >= 15 is 4.39 Å². The lowest BCUT2D eigenvalue weighted by atomic mass is 9.82. The summed E-state index contributed by atoms with van der Waals surface area (Å²) in [6, 6.07) is 9.38. The minimum absolute atomic E-state index is 0.0162. The van der Waals surface area contributed by atoms with Crippen LogP contribution in [-0.4, -0.2) is 52.1 Å². The van der Waals surface area contributed by atoms with E-state index in [1.165, 1.54) is 6.33 Å². The maximum Gasteiger partial charge on any atom is 0.246 e. The van der Waals surface area contributed by atoms with Gasteiger partial charge < -0.3 is 14.9 Å². The Kier molecular flexibility index (Phi) is 5.96. The fourth-order valence-electron chi connectivity index (χ4n) is 4.83. The summed E-state index contributed by atoms with van der Waals surface area (Å²) >= 11 is 6.68. The van der Waals surface area contributed by atoms with Crippen LogP contribution >= 0.6 is 11.6 Å². The Balaban J connectivity index is 1.53. The van der Waals surface area contributed by atoms with Crippen LogP contribution in [-0.2, 0) is 11.2 Å². The molecule has 1 N–H and O–H groups in total. The largest absolute Gasteiger partial charge is 0.512 e. The average Bonchev–Trinajstić information content (AvgIpc) is 2.84. The Morgan fingerprint density at radius 2 is 1.97 bits per heavy atom. The summed E-state index contributed by atoms with van der Waals surface area (Å²) in [6.45, 7) is 4.06. The fraction of sp³-hybridized carbons (Fsp3) is 0.269. The van der Waals surface area contributed by atoms with Crippen molar-refractivity contribution in [1.82, 2.24) is 14.9 Å². The molecule has 8 heteroatoms. The van der Waals surface area contributed by atoms with Crippen molar-refractivity contribution in [3.63, 3.8) is 0 Å². The van der Waals surface area contributed by atoms with Crippen molar-refractivity contribution in [3.8, 4) is 0 Å². The van der Waals surface area contributed by atoms with Crippen LogP contribution in [0.25, 0.3) is 10.9 Å². The first-order valence-electron chi connectivity index (χ1n) is 11.2. The van der Waals surface area contributed by atoms with Crippen molar-refractivity contribution in [1.29, 1.82) is 0 Å². The number of hydrogen-bond donors (Lipinski definition) is 1. The van der Waals surface area contributed by atoms with Gasteiger partial charge in [-0.2, -0.15) is 0 Å². The number of nitrogens with zero attached hydrogens (tertiary/aromatic N) is 4.